The lowest BCUT2D eigenvalue weighted by atomic mass is 10.2. The Labute approximate surface area is 158 Å². The molecule has 0 aliphatic heterocycles. The molecule has 136 valence electrons. The highest BCUT2D eigenvalue weighted by atomic mass is 35.5. The summed E-state index contributed by atoms with van der Waals surface area (Å²) in [5.41, 5.74) is 2.35. The highest BCUT2D eigenvalue weighted by molar-refractivity contribution is 7.89. The Morgan fingerprint density at radius 2 is 1.77 bits per heavy atom. The van der Waals surface area contributed by atoms with Crippen molar-refractivity contribution >= 4 is 21.6 Å². The van der Waals surface area contributed by atoms with Crippen LogP contribution in [0.1, 0.15) is 22.6 Å². The van der Waals surface area contributed by atoms with Crippen molar-refractivity contribution in [3.63, 3.8) is 0 Å². The Morgan fingerprint density at radius 3 is 2.38 bits per heavy atom. The van der Waals surface area contributed by atoms with Crippen molar-refractivity contribution in [1.82, 2.24) is 9.46 Å². The van der Waals surface area contributed by atoms with Crippen LogP contribution in [0.4, 0.5) is 0 Å². The first kappa shape index (κ1) is 18.6. The zero-order valence-electron chi connectivity index (χ0n) is 14.5. The molecule has 0 saturated carbocycles. The van der Waals surface area contributed by atoms with Gasteiger partial charge in [-0.05, 0) is 37.6 Å². The third-order valence-electron chi connectivity index (χ3n) is 4.15. The van der Waals surface area contributed by atoms with Gasteiger partial charge in [0, 0.05) is 23.7 Å². The molecular formula is C19H19ClN2O3S. The fourth-order valence-corrected chi connectivity index (χ4v) is 4.39. The van der Waals surface area contributed by atoms with Crippen molar-refractivity contribution in [3.05, 3.63) is 82.2 Å². The van der Waals surface area contributed by atoms with Crippen molar-refractivity contribution in [2.75, 3.05) is 0 Å². The van der Waals surface area contributed by atoms with E-state index in [1.165, 1.54) is 10.4 Å². The fourth-order valence-electron chi connectivity index (χ4n) is 2.69. The van der Waals surface area contributed by atoms with E-state index in [-0.39, 0.29) is 18.0 Å². The van der Waals surface area contributed by atoms with Gasteiger partial charge in [-0.15, -0.1) is 0 Å². The lowest BCUT2D eigenvalue weighted by Crippen LogP contribution is -2.30. The molecule has 0 amide bonds. The molecule has 0 atom stereocenters. The number of hydrogen-bond acceptors (Lipinski definition) is 4. The summed E-state index contributed by atoms with van der Waals surface area (Å²) in [5, 5.41) is 4.31. The minimum atomic E-state index is -3.75. The molecule has 0 unspecified atom stereocenters. The number of rotatable bonds is 6. The molecule has 26 heavy (non-hydrogen) atoms. The van der Waals surface area contributed by atoms with E-state index in [0.717, 1.165) is 11.1 Å². The van der Waals surface area contributed by atoms with E-state index >= 15 is 0 Å². The molecule has 0 N–H and O–H groups in total. The number of aromatic nitrogens is 1. The molecule has 3 rings (SSSR count). The first-order valence-corrected chi connectivity index (χ1v) is 9.91. The number of halogens is 1. The zero-order valence-corrected chi connectivity index (χ0v) is 16.1. The molecular weight excluding hydrogens is 372 g/mol. The molecule has 7 heteroatoms. The van der Waals surface area contributed by atoms with Crippen molar-refractivity contribution in [2.45, 2.75) is 31.8 Å². The molecule has 0 fully saturated rings. The number of hydrogen-bond donors (Lipinski definition) is 0. The van der Waals surface area contributed by atoms with E-state index in [4.69, 9.17) is 16.1 Å². The molecule has 1 heterocycles. The van der Waals surface area contributed by atoms with E-state index in [1.807, 2.05) is 30.3 Å². The van der Waals surface area contributed by atoms with Crippen LogP contribution in [0.15, 0.2) is 64.0 Å². The van der Waals surface area contributed by atoms with Gasteiger partial charge >= 0.3 is 0 Å². The minimum Gasteiger partial charge on any atom is -0.361 e. The van der Waals surface area contributed by atoms with Crippen LogP contribution in [-0.4, -0.2) is 17.9 Å². The summed E-state index contributed by atoms with van der Waals surface area (Å²) >= 11 is 6.00. The zero-order chi connectivity index (χ0) is 18.7. The second-order valence-electron chi connectivity index (χ2n) is 6.02. The van der Waals surface area contributed by atoms with Crippen LogP contribution in [-0.2, 0) is 23.1 Å². The van der Waals surface area contributed by atoms with Crippen molar-refractivity contribution in [3.8, 4) is 0 Å². The lowest BCUT2D eigenvalue weighted by Gasteiger charge is -2.22. The van der Waals surface area contributed by atoms with Crippen LogP contribution >= 0.6 is 11.6 Å². The van der Waals surface area contributed by atoms with E-state index in [2.05, 4.69) is 5.16 Å². The number of benzene rings is 2. The standard InChI is InChI=1S/C19H19ClN2O3S/c1-14-19(15(2)25-21-14)13-22(12-16-7-4-3-5-8-16)26(23,24)18-10-6-9-17(20)11-18/h3-11H,12-13H2,1-2H3. The Balaban J connectivity index is 2.02. The monoisotopic (exact) mass is 390 g/mol. The normalized spacial score (nSPS) is 11.8. The molecule has 0 aliphatic carbocycles. The average Bonchev–Trinajstić information content (AvgIpc) is 2.94. The van der Waals surface area contributed by atoms with Gasteiger partial charge in [-0.1, -0.05) is 53.2 Å². The third kappa shape index (κ3) is 3.98. The summed E-state index contributed by atoms with van der Waals surface area (Å²) in [6, 6.07) is 15.7. The van der Waals surface area contributed by atoms with Crippen LogP contribution in [0.5, 0.6) is 0 Å². The first-order chi connectivity index (χ1) is 12.4. The minimum absolute atomic E-state index is 0.160. The number of nitrogens with zero attached hydrogens (tertiary/aromatic N) is 2. The summed E-state index contributed by atoms with van der Waals surface area (Å²) < 4.78 is 33.1. The lowest BCUT2D eigenvalue weighted by molar-refractivity contribution is 0.381. The van der Waals surface area contributed by atoms with Gasteiger partial charge in [0.25, 0.3) is 0 Å². The second-order valence-corrected chi connectivity index (χ2v) is 8.39. The molecule has 0 bridgehead atoms. The van der Waals surface area contributed by atoms with E-state index in [9.17, 15) is 8.42 Å². The molecule has 5 nitrogen and oxygen atoms in total. The van der Waals surface area contributed by atoms with E-state index in [0.29, 0.717) is 16.5 Å². The average molecular weight is 391 g/mol. The van der Waals surface area contributed by atoms with Gasteiger partial charge in [0.1, 0.15) is 5.76 Å². The van der Waals surface area contributed by atoms with Crippen LogP contribution in [0.2, 0.25) is 5.02 Å². The molecule has 1 aromatic heterocycles. The van der Waals surface area contributed by atoms with Crippen LogP contribution in [0.3, 0.4) is 0 Å². The molecule has 0 radical (unpaired) electrons. The fraction of sp³-hybridized carbons (Fsp3) is 0.211. The van der Waals surface area contributed by atoms with Crippen molar-refractivity contribution in [2.24, 2.45) is 0 Å². The third-order valence-corrected chi connectivity index (χ3v) is 6.17. The van der Waals surface area contributed by atoms with Gasteiger partial charge in [-0.2, -0.15) is 4.31 Å². The first-order valence-electron chi connectivity index (χ1n) is 8.09. The van der Waals surface area contributed by atoms with Crippen LogP contribution < -0.4 is 0 Å². The molecule has 0 saturated heterocycles. The van der Waals surface area contributed by atoms with Gasteiger partial charge in [-0.25, -0.2) is 8.42 Å². The number of sulfonamides is 1. The summed E-state index contributed by atoms with van der Waals surface area (Å²) in [4.78, 5) is 0.160. The molecule has 0 aliphatic rings. The van der Waals surface area contributed by atoms with E-state index in [1.54, 1.807) is 32.0 Å². The summed E-state index contributed by atoms with van der Waals surface area (Å²) in [5.74, 6) is 0.613. The van der Waals surface area contributed by atoms with Gasteiger partial charge in [0.05, 0.1) is 10.6 Å². The van der Waals surface area contributed by atoms with Crippen LogP contribution in [0.25, 0.3) is 0 Å². The summed E-state index contributed by atoms with van der Waals surface area (Å²) in [7, 11) is -3.75. The summed E-state index contributed by atoms with van der Waals surface area (Å²) in [6.45, 7) is 3.99. The Morgan fingerprint density at radius 1 is 1.04 bits per heavy atom. The van der Waals surface area contributed by atoms with Gasteiger partial charge in [0.2, 0.25) is 10.0 Å². The van der Waals surface area contributed by atoms with Gasteiger partial charge < -0.3 is 4.52 Å². The van der Waals surface area contributed by atoms with Gasteiger partial charge in [0.15, 0.2) is 0 Å². The maximum atomic E-state index is 13.3. The van der Waals surface area contributed by atoms with Crippen molar-refractivity contribution < 1.29 is 12.9 Å². The molecule has 2 aromatic carbocycles. The topological polar surface area (TPSA) is 63.4 Å². The summed E-state index contributed by atoms with van der Waals surface area (Å²) in [6.07, 6.45) is 0. The largest absolute Gasteiger partial charge is 0.361 e. The Kier molecular flexibility index (Phi) is 5.46. The second kappa shape index (κ2) is 7.61. The molecule has 3 aromatic rings. The predicted molar refractivity (Wildman–Crippen MR) is 100 cm³/mol. The Bertz CT molecular complexity index is 981. The SMILES string of the molecule is Cc1noc(C)c1CN(Cc1ccccc1)S(=O)(=O)c1cccc(Cl)c1. The highest BCUT2D eigenvalue weighted by Crippen LogP contribution is 2.25. The molecule has 0 spiro atoms. The number of aryl methyl sites for hydroxylation is 2. The predicted octanol–water partition coefficient (Wildman–Crippen LogP) is 4.34. The Hall–Kier alpha value is -2.15. The van der Waals surface area contributed by atoms with E-state index < -0.39 is 10.0 Å². The quantitative estimate of drug-likeness (QED) is 0.628. The van der Waals surface area contributed by atoms with Crippen LogP contribution in [0, 0.1) is 13.8 Å². The maximum Gasteiger partial charge on any atom is 0.243 e. The van der Waals surface area contributed by atoms with Crippen molar-refractivity contribution in [1.29, 1.82) is 0 Å². The highest BCUT2D eigenvalue weighted by Gasteiger charge is 2.27. The van der Waals surface area contributed by atoms with Gasteiger partial charge in [-0.3, -0.25) is 0 Å². The smallest absolute Gasteiger partial charge is 0.243 e. The maximum absolute atomic E-state index is 13.3.